The fourth-order valence-corrected chi connectivity index (χ4v) is 5.01. The molecule has 0 unspecified atom stereocenters. The van der Waals surface area contributed by atoms with Crippen molar-refractivity contribution in [2.45, 2.75) is 51.5 Å². The fraction of sp³-hybridized carbons (Fsp3) is 0.368. The van der Waals surface area contributed by atoms with Crippen LogP contribution in [0.5, 0.6) is 0 Å². The van der Waals surface area contributed by atoms with Gasteiger partial charge in [-0.3, -0.25) is 4.72 Å². The Morgan fingerprint density at radius 3 is 2.43 bits per heavy atom. The van der Waals surface area contributed by atoms with E-state index in [4.69, 9.17) is 4.52 Å². The Balaban J connectivity index is 1.79. The molecule has 0 bridgehead atoms. The minimum Gasteiger partial charge on any atom is -0.360 e. The van der Waals surface area contributed by atoms with Gasteiger partial charge in [0.05, 0.1) is 11.4 Å². The third-order valence-electron chi connectivity index (χ3n) is 4.19. The van der Waals surface area contributed by atoms with Crippen LogP contribution in [0, 0.1) is 6.92 Å². The second-order valence-electron chi connectivity index (χ2n) is 7.50. The van der Waals surface area contributed by atoms with Crippen LogP contribution in [0.3, 0.4) is 0 Å². The molecule has 0 aliphatic heterocycles. The lowest BCUT2D eigenvalue weighted by atomic mass is 9.93. The van der Waals surface area contributed by atoms with Crippen LogP contribution < -0.4 is 14.6 Å². The maximum atomic E-state index is 12.5. The number of aryl methyl sites for hydroxylation is 1. The SMILES string of the molecule is CC[n+]1c(C(C)(C)C)csc1Nc1ccc(S(=O)(=O)Nc2cc(C)on2)cc1. The van der Waals surface area contributed by atoms with Crippen molar-refractivity contribution in [3.8, 4) is 0 Å². The summed E-state index contributed by atoms with van der Waals surface area (Å²) >= 11 is 1.64. The predicted molar refractivity (Wildman–Crippen MR) is 111 cm³/mol. The van der Waals surface area contributed by atoms with E-state index in [1.807, 2.05) is 0 Å². The molecule has 0 aliphatic rings. The van der Waals surface area contributed by atoms with E-state index >= 15 is 0 Å². The molecule has 0 fully saturated rings. The highest BCUT2D eigenvalue weighted by molar-refractivity contribution is 7.92. The van der Waals surface area contributed by atoms with Crippen molar-refractivity contribution in [2.75, 3.05) is 10.0 Å². The van der Waals surface area contributed by atoms with Gasteiger partial charge in [0.1, 0.15) is 17.1 Å². The Bertz CT molecular complexity index is 1060. The first-order valence-electron chi connectivity index (χ1n) is 8.95. The minimum atomic E-state index is -3.72. The van der Waals surface area contributed by atoms with E-state index in [1.165, 1.54) is 11.8 Å². The molecular weight excluding hydrogens is 396 g/mol. The Hall–Kier alpha value is -2.39. The van der Waals surface area contributed by atoms with Gasteiger partial charge in [0.2, 0.25) is 0 Å². The van der Waals surface area contributed by atoms with Crippen LogP contribution in [0.4, 0.5) is 16.6 Å². The molecule has 0 aliphatic carbocycles. The quantitative estimate of drug-likeness (QED) is 0.583. The summed E-state index contributed by atoms with van der Waals surface area (Å²) in [6.07, 6.45) is 0. The van der Waals surface area contributed by atoms with Crippen LogP contribution in [-0.2, 0) is 22.0 Å². The molecule has 0 radical (unpaired) electrons. The van der Waals surface area contributed by atoms with E-state index in [-0.39, 0.29) is 16.1 Å². The number of aromatic nitrogens is 2. The van der Waals surface area contributed by atoms with Crippen LogP contribution in [0.15, 0.2) is 45.1 Å². The van der Waals surface area contributed by atoms with Gasteiger partial charge < -0.3 is 4.52 Å². The molecule has 28 heavy (non-hydrogen) atoms. The van der Waals surface area contributed by atoms with Gasteiger partial charge in [-0.05, 0) is 38.1 Å². The van der Waals surface area contributed by atoms with Gasteiger partial charge in [-0.15, -0.1) is 0 Å². The summed E-state index contributed by atoms with van der Waals surface area (Å²) in [5, 5.41) is 10.2. The number of sulfonamides is 1. The van der Waals surface area contributed by atoms with Gasteiger partial charge in [0.15, 0.2) is 5.82 Å². The summed E-state index contributed by atoms with van der Waals surface area (Å²) in [7, 11) is -3.72. The van der Waals surface area contributed by atoms with Crippen molar-refractivity contribution in [1.82, 2.24) is 5.16 Å². The zero-order valence-corrected chi connectivity index (χ0v) is 18.2. The number of benzene rings is 1. The third kappa shape index (κ3) is 4.36. The number of hydrogen-bond donors (Lipinski definition) is 2. The topological polar surface area (TPSA) is 88.1 Å². The van der Waals surface area contributed by atoms with Crippen LogP contribution in [0.2, 0.25) is 0 Å². The molecule has 0 spiro atoms. The molecule has 9 heteroatoms. The number of rotatable bonds is 6. The summed E-state index contributed by atoms with van der Waals surface area (Å²) in [6.45, 7) is 11.2. The van der Waals surface area contributed by atoms with Crippen molar-refractivity contribution in [2.24, 2.45) is 0 Å². The lowest BCUT2D eigenvalue weighted by Crippen LogP contribution is -2.41. The van der Waals surface area contributed by atoms with Crippen LogP contribution in [0.1, 0.15) is 39.1 Å². The van der Waals surface area contributed by atoms with Crippen molar-refractivity contribution in [3.63, 3.8) is 0 Å². The van der Waals surface area contributed by atoms with Crippen LogP contribution in [-0.4, -0.2) is 13.6 Å². The predicted octanol–water partition coefficient (Wildman–Crippen LogP) is 4.19. The highest BCUT2D eigenvalue weighted by Crippen LogP contribution is 2.27. The second-order valence-corrected chi connectivity index (χ2v) is 10.0. The molecule has 0 saturated heterocycles. The smallest absolute Gasteiger partial charge is 0.339 e. The zero-order valence-electron chi connectivity index (χ0n) is 16.6. The first-order chi connectivity index (χ1) is 13.1. The van der Waals surface area contributed by atoms with E-state index in [9.17, 15) is 8.42 Å². The highest BCUT2D eigenvalue weighted by atomic mass is 32.2. The Morgan fingerprint density at radius 2 is 1.89 bits per heavy atom. The Labute approximate surface area is 169 Å². The summed E-state index contributed by atoms with van der Waals surface area (Å²) in [6, 6.07) is 8.15. The van der Waals surface area contributed by atoms with Crippen molar-refractivity contribution in [1.29, 1.82) is 0 Å². The number of nitrogens with zero attached hydrogens (tertiary/aromatic N) is 2. The van der Waals surface area contributed by atoms with Gasteiger partial charge in [0.25, 0.3) is 10.0 Å². The molecule has 1 aromatic carbocycles. The van der Waals surface area contributed by atoms with Gasteiger partial charge in [-0.2, -0.15) is 0 Å². The molecule has 7 nitrogen and oxygen atoms in total. The molecule has 0 atom stereocenters. The minimum absolute atomic E-state index is 0.0511. The average molecular weight is 422 g/mol. The van der Waals surface area contributed by atoms with Gasteiger partial charge in [-0.1, -0.05) is 37.3 Å². The molecule has 0 amide bonds. The number of thiazole rings is 1. The van der Waals surface area contributed by atoms with Crippen LogP contribution >= 0.6 is 11.3 Å². The maximum absolute atomic E-state index is 12.5. The number of hydrogen-bond acceptors (Lipinski definition) is 6. The van der Waals surface area contributed by atoms with Gasteiger partial charge in [-0.25, -0.2) is 18.3 Å². The zero-order chi connectivity index (χ0) is 20.5. The second kappa shape index (κ2) is 7.56. The van der Waals surface area contributed by atoms with E-state index in [2.05, 4.69) is 52.8 Å². The van der Waals surface area contributed by atoms with Crippen molar-refractivity contribution in [3.05, 3.63) is 47.2 Å². The van der Waals surface area contributed by atoms with E-state index in [0.717, 1.165) is 17.4 Å². The average Bonchev–Trinajstić information content (AvgIpc) is 3.20. The maximum Gasteiger partial charge on any atom is 0.339 e. The first kappa shape index (κ1) is 20.3. The standard InChI is InChI=1S/C19H24N4O3S2/c1-6-23-16(19(3,4)5)12-27-18(23)20-14-7-9-15(10-8-14)28(24,25)22-17-11-13(2)26-21-17/h7-12H,6H2,1-5H3,(H,21,22)/p+1. The largest absolute Gasteiger partial charge is 0.360 e. The fourth-order valence-electron chi connectivity index (χ4n) is 2.79. The lowest BCUT2D eigenvalue weighted by molar-refractivity contribution is -0.685. The van der Waals surface area contributed by atoms with E-state index in [1.54, 1.807) is 42.5 Å². The number of anilines is 3. The third-order valence-corrected chi connectivity index (χ3v) is 6.44. The van der Waals surface area contributed by atoms with Crippen molar-refractivity contribution < 1.29 is 17.5 Å². The molecule has 2 N–H and O–H groups in total. The normalized spacial score (nSPS) is 12.2. The van der Waals surface area contributed by atoms with Gasteiger partial charge >= 0.3 is 5.13 Å². The number of nitrogens with one attached hydrogen (secondary N) is 2. The Morgan fingerprint density at radius 1 is 1.21 bits per heavy atom. The van der Waals surface area contributed by atoms with E-state index in [0.29, 0.717) is 5.76 Å². The monoisotopic (exact) mass is 421 g/mol. The summed E-state index contributed by atoms with van der Waals surface area (Å²) in [5.74, 6) is 0.698. The Kier molecular flexibility index (Phi) is 5.49. The summed E-state index contributed by atoms with van der Waals surface area (Å²) in [4.78, 5) is 0.156. The van der Waals surface area contributed by atoms with Gasteiger partial charge in [0, 0.05) is 16.9 Å². The lowest BCUT2D eigenvalue weighted by Gasteiger charge is -2.16. The molecule has 0 saturated carbocycles. The van der Waals surface area contributed by atoms with E-state index < -0.39 is 10.0 Å². The molecular formula is C19H25N4O3S2+. The summed E-state index contributed by atoms with van der Waals surface area (Å²) < 4.78 is 34.5. The molecule has 2 heterocycles. The first-order valence-corrected chi connectivity index (χ1v) is 11.3. The van der Waals surface area contributed by atoms with Crippen molar-refractivity contribution >= 4 is 38.0 Å². The molecule has 2 aromatic heterocycles. The molecule has 3 aromatic rings. The highest BCUT2D eigenvalue weighted by Gasteiger charge is 2.26. The van der Waals surface area contributed by atoms with Crippen LogP contribution in [0.25, 0.3) is 0 Å². The molecule has 150 valence electrons. The molecule has 3 rings (SSSR count). The summed E-state index contributed by atoms with van der Waals surface area (Å²) in [5.41, 5.74) is 2.13.